The number of hydrogen-bond acceptors (Lipinski definition) is 6. The number of ether oxygens (including phenoxy) is 1. The van der Waals surface area contributed by atoms with Gasteiger partial charge >= 0.3 is 0 Å². The number of carbonyl (C=O) groups is 1. The van der Waals surface area contributed by atoms with E-state index in [4.69, 9.17) is 10.00 Å². The molecule has 1 aromatic carbocycles. The first kappa shape index (κ1) is 21.0. The van der Waals surface area contributed by atoms with Gasteiger partial charge in [0.15, 0.2) is 5.69 Å². The fraction of sp³-hybridized carbons (Fsp3) is 0.286. The van der Waals surface area contributed by atoms with E-state index in [2.05, 4.69) is 21.6 Å². The molecule has 1 atom stereocenters. The number of benzene rings is 1. The predicted molar refractivity (Wildman–Crippen MR) is 104 cm³/mol. The van der Waals surface area contributed by atoms with Crippen molar-refractivity contribution in [1.29, 1.82) is 5.26 Å². The van der Waals surface area contributed by atoms with E-state index in [0.717, 1.165) is 17.1 Å². The summed E-state index contributed by atoms with van der Waals surface area (Å²) >= 11 is 0. The van der Waals surface area contributed by atoms with Gasteiger partial charge in [-0.15, -0.1) is 0 Å². The molecule has 30 heavy (non-hydrogen) atoms. The van der Waals surface area contributed by atoms with E-state index in [1.165, 1.54) is 25.5 Å². The van der Waals surface area contributed by atoms with Crippen molar-refractivity contribution in [3.05, 3.63) is 65.1 Å². The van der Waals surface area contributed by atoms with Crippen molar-refractivity contribution in [2.75, 3.05) is 6.61 Å². The monoisotopic (exact) mass is 411 g/mol. The van der Waals surface area contributed by atoms with Crippen molar-refractivity contribution in [1.82, 2.24) is 15.0 Å². The predicted octanol–water partition coefficient (Wildman–Crippen LogP) is 3.61. The maximum absolute atomic E-state index is 14.3. The zero-order valence-electron chi connectivity index (χ0n) is 16.3. The third-order valence-electron chi connectivity index (χ3n) is 4.59. The van der Waals surface area contributed by atoms with Gasteiger partial charge in [-0.1, -0.05) is 6.58 Å². The van der Waals surface area contributed by atoms with E-state index in [1.54, 1.807) is 0 Å². The van der Waals surface area contributed by atoms with Crippen LogP contribution in [0.2, 0.25) is 0 Å². The lowest BCUT2D eigenvalue weighted by Crippen LogP contribution is -2.29. The molecule has 0 fully saturated rings. The standard InChI is InChI=1S/C21H19F2N5O2/c1-13(4-3-7-30-20-12-25-15(10-24)11-26-20)21(29)28-19(5-6-27-28)16-9-17(22)14(2)8-18(16)23/h6,8-9,11-12,19H,1,3-5,7H2,2H3/t19-/m1/s1. The van der Waals surface area contributed by atoms with Crippen LogP contribution in [0.15, 0.2) is 41.8 Å². The zero-order valence-corrected chi connectivity index (χ0v) is 16.3. The molecule has 2 heterocycles. The zero-order chi connectivity index (χ0) is 21.7. The van der Waals surface area contributed by atoms with Crippen LogP contribution in [0.1, 0.15) is 42.1 Å². The Morgan fingerprint density at radius 2 is 2.13 bits per heavy atom. The highest BCUT2D eigenvalue weighted by molar-refractivity contribution is 5.94. The van der Waals surface area contributed by atoms with Gasteiger partial charge in [0, 0.05) is 23.8 Å². The molecular formula is C21H19F2N5O2. The average molecular weight is 411 g/mol. The van der Waals surface area contributed by atoms with Crippen molar-refractivity contribution in [3.63, 3.8) is 0 Å². The summed E-state index contributed by atoms with van der Waals surface area (Å²) in [7, 11) is 0. The Labute approximate surface area is 172 Å². The maximum Gasteiger partial charge on any atom is 0.269 e. The van der Waals surface area contributed by atoms with Crippen LogP contribution in [0, 0.1) is 29.9 Å². The van der Waals surface area contributed by atoms with Crippen LogP contribution in [-0.2, 0) is 4.79 Å². The molecule has 3 rings (SSSR count). The van der Waals surface area contributed by atoms with Gasteiger partial charge in [-0.3, -0.25) is 4.79 Å². The van der Waals surface area contributed by atoms with Gasteiger partial charge in [0.25, 0.3) is 5.91 Å². The number of aromatic nitrogens is 2. The van der Waals surface area contributed by atoms with Gasteiger partial charge in [0.2, 0.25) is 5.88 Å². The molecule has 0 spiro atoms. The van der Waals surface area contributed by atoms with E-state index in [9.17, 15) is 13.6 Å². The van der Waals surface area contributed by atoms with Gasteiger partial charge < -0.3 is 4.74 Å². The summed E-state index contributed by atoms with van der Waals surface area (Å²) in [6, 6.07) is 3.37. The Balaban J connectivity index is 1.56. The largest absolute Gasteiger partial charge is 0.477 e. The number of rotatable bonds is 7. The molecule has 0 unspecified atom stereocenters. The van der Waals surface area contributed by atoms with Crippen molar-refractivity contribution in [3.8, 4) is 11.9 Å². The maximum atomic E-state index is 14.3. The highest BCUT2D eigenvalue weighted by Crippen LogP contribution is 2.32. The van der Waals surface area contributed by atoms with Crippen LogP contribution in [0.25, 0.3) is 0 Å². The van der Waals surface area contributed by atoms with Gasteiger partial charge in [-0.25, -0.2) is 23.8 Å². The summed E-state index contributed by atoms with van der Waals surface area (Å²) in [6.45, 7) is 5.53. The van der Waals surface area contributed by atoms with Crippen LogP contribution in [0.3, 0.4) is 0 Å². The number of nitrogens with zero attached hydrogens (tertiary/aromatic N) is 5. The van der Waals surface area contributed by atoms with Crippen LogP contribution in [0.4, 0.5) is 8.78 Å². The molecule has 1 amide bonds. The highest BCUT2D eigenvalue weighted by Gasteiger charge is 2.31. The van der Waals surface area contributed by atoms with Gasteiger partial charge in [0.05, 0.1) is 25.0 Å². The summed E-state index contributed by atoms with van der Waals surface area (Å²) in [5, 5.41) is 13.9. The SMILES string of the molecule is C=C(CCCOc1cnc(C#N)cn1)C(=O)N1N=CC[C@@H]1c1cc(F)c(C)cc1F. The Morgan fingerprint density at radius 1 is 1.33 bits per heavy atom. The third kappa shape index (κ3) is 4.66. The molecule has 1 aliphatic rings. The summed E-state index contributed by atoms with van der Waals surface area (Å²) in [4.78, 5) is 20.5. The summed E-state index contributed by atoms with van der Waals surface area (Å²) in [6.07, 6.45) is 5.24. The van der Waals surface area contributed by atoms with Crippen LogP contribution in [0.5, 0.6) is 5.88 Å². The summed E-state index contributed by atoms with van der Waals surface area (Å²) < 4.78 is 33.7. The number of halogens is 2. The number of amides is 1. The lowest BCUT2D eigenvalue weighted by Gasteiger charge is -2.23. The molecular weight excluding hydrogens is 392 g/mol. The molecule has 0 bridgehead atoms. The molecule has 1 aromatic heterocycles. The van der Waals surface area contributed by atoms with Crippen LogP contribution >= 0.6 is 0 Å². The first-order valence-corrected chi connectivity index (χ1v) is 9.25. The second-order valence-electron chi connectivity index (χ2n) is 6.73. The number of hydrazone groups is 1. The second-order valence-corrected chi connectivity index (χ2v) is 6.73. The van der Waals surface area contributed by atoms with Crippen LogP contribution in [-0.4, -0.2) is 33.7 Å². The Bertz CT molecular complexity index is 1030. The van der Waals surface area contributed by atoms with E-state index >= 15 is 0 Å². The first-order valence-electron chi connectivity index (χ1n) is 9.25. The molecule has 0 N–H and O–H groups in total. The molecule has 1 aliphatic heterocycles. The van der Waals surface area contributed by atoms with Crippen molar-refractivity contribution in [2.24, 2.45) is 5.10 Å². The number of hydrogen-bond donors (Lipinski definition) is 0. The van der Waals surface area contributed by atoms with E-state index in [1.807, 2.05) is 6.07 Å². The van der Waals surface area contributed by atoms with E-state index in [0.29, 0.717) is 19.3 Å². The van der Waals surface area contributed by atoms with Gasteiger partial charge in [-0.2, -0.15) is 10.4 Å². The minimum Gasteiger partial charge on any atom is -0.477 e. The molecule has 0 saturated carbocycles. The highest BCUT2D eigenvalue weighted by atomic mass is 19.1. The summed E-state index contributed by atoms with van der Waals surface area (Å²) in [5.74, 6) is -1.29. The molecule has 154 valence electrons. The molecule has 9 heteroatoms. The van der Waals surface area contributed by atoms with Crippen molar-refractivity contribution < 1.29 is 18.3 Å². The number of aryl methyl sites for hydroxylation is 1. The van der Waals surface area contributed by atoms with E-state index < -0.39 is 23.6 Å². The fourth-order valence-electron chi connectivity index (χ4n) is 2.96. The van der Waals surface area contributed by atoms with Crippen LogP contribution < -0.4 is 4.74 Å². The Morgan fingerprint density at radius 3 is 2.83 bits per heavy atom. The van der Waals surface area contributed by atoms with Crippen molar-refractivity contribution >= 4 is 12.1 Å². The minimum atomic E-state index is -0.713. The number of nitriles is 1. The molecule has 0 aliphatic carbocycles. The molecule has 7 nitrogen and oxygen atoms in total. The van der Waals surface area contributed by atoms with Gasteiger partial charge in [-0.05, 0) is 37.5 Å². The lowest BCUT2D eigenvalue weighted by molar-refractivity contribution is -0.129. The minimum absolute atomic E-state index is 0.0828. The first-order chi connectivity index (χ1) is 14.4. The fourth-order valence-corrected chi connectivity index (χ4v) is 2.96. The molecule has 2 aromatic rings. The number of carbonyl (C=O) groups excluding carboxylic acids is 1. The quantitative estimate of drug-likeness (QED) is 0.513. The summed E-state index contributed by atoms with van der Waals surface area (Å²) in [5.41, 5.74) is 0.748. The normalized spacial score (nSPS) is 15.1. The van der Waals surface area contributed by atoms with Crippen molar-refractivity contribution in [2.45, 2.75) is 32.2 Å². The second kappa shape index (κ2) is 9.22. The van der Waals surface area contributed by atoms with E-state index in [-0.39, 0.29) is 34.9 Å². The third-order valence-corrected chi connectivity index (χ3v) is 4.59. The Kier molecular flexibility index (Phi) is 6.47. The lowest BCUT2D eigenvalue weighted by atomic mass is 10.0. The molecule has 0 saturated heterocycles. The Hall–Kier alpha value is -3.67. The smallest absolute Gasteiger partial charge is 0.269 e. The topological polar surface area (TPSA) is 91.5 Å². The van der Waals surface area contributed by atoms with Gasteiger partial charge in [0.1, 0.15) is 17.7 Å². The molecule has 0 radical (unpaired) electrons. The average Bonchev–Trinajstić information content (AvgIpc) is 3.23.